The number of hydrogen-bond donors (Lipinski definition) is 2. The van der Waals surface area contributed by atoms with Crippen molar-refractivity contribution in [2.45, 2.75) is 33.1 Å². The minimum absolute atomic E-state index is 0.184. The molecule has 0 spiro atoms. The van der Waals surface area contributed by atoms with Crippen molar-refractivity contribution in [2.75, 3.05) is 0 Å². The Morgan fingerprint density at radius 3 is 1.68 bits per heavy atom. The molecule has 0 radical (unpaired) electrons. The lowest BCUT2D eigenvalue weighted by Gasteiger charge is -2.02. The van der Waals surface area contributed by atoms with Gasteiger partial charge in [0, 0.05) is 12.8 Å². The van der Waals surface area contributed by atoms with Crippen molar-refractivity contribution in [3.8, 4) is 0 Å². The summed E-state index contributed by atoms with van der Waals surface area (Å²) in [4.78, 5) is 23.4. The molecule has 2 aromatic heterocycles. The van der Waals surface area contributed by atoms with E-state index < -0.39 is 0 Å². The van der Waals surface area contributed by atoms with E-state index in [4.69, 9.17) is 8.83 Å². The van der Waals surface area contributed by atoms with E-state index in [1.165, 1.54) is 12.5 Å². The molecular weight excluding hydrogens is 324 g/mol. The number of carbonyl (C=O) groups excluding carboxylic acids is 2. The highest BCUT2D eigenvalue weighted by Crippen LogP contribution is 2.03. The Morgan fingerprint density at radius 1 is 0.880 bits per heavy atom. The first-order valence-electron chi connectivity index (χ1n) is 7.80. The smallest absolute Gasteiger partial charge is 0.240 e. The number of nitrogens with one attached hydrogen (secondary N) is 2. The molecular formula is C17H20N4O4. The van der Waals surface area contributed by atoms with E-state index in [9.17, 15) is 9.59 Å². The van der Waals surface area contributed by atoms with Crippen LogP contribution >= 0.6 is 0 Å². The van der Waals surface area contributed by atoms with Crippen LogP contribution in [0.4, 0.5) is 0 Å². The van der Waals surface area contributed by atoms with Gasteiger partial charge >= 0.3 is 0 Å². The molecule has 0 unspecified atom stereocenters. The molecule has 8 heteroatoms. The largest absolute Gasteiger partial charge is 0.463 e. The summed E-state index contributed by atoms with van der Waals surface area (Å²) in [7, 11) is 0. The molecule has 25 heavy (non-hydrogen) atoms. The number of carbonyl (C=O) groups is 2. The van der Waals surface area contributed by atoms with E-state index in [0.717, 1.165) is 0 Å². The van der Waals surface area contributed by atoms with Gasteiger partial charge in [0.1, 0.15) is 22.9 Å². The van der Waals surface area contributed by atoms with Crippen molar-refractivity contribution >= 4 is 23.2 Å². The third kappa shape index (κ3) is 6.09. The fraction of sp³-hybridized carbons (Fsp3) is 0.294. The Morgan fingerprint density at radius 2 is 1.32 bits per heavy atom. The van der Waals surface area contributed by atoms with Crippen molar-refractivity contribution in [2.24, 2.45) is 10.2 Å². The summed E-state index contributed by atoms with van der Waals surface area (Å²) < 4.78 is 10.3. The molecule has 2 rings (SSSR count). The van der Waals surface area contributed by atoms with Crippen molar-refractivity contribution in [3.63, 3.8) is 0 Å². The van der Waals surface area contributed by atoms with E-state index in [1.54, 1.807) is 38.1 Å². The molecule has 0 saturated carbocycles. The van der Waals surface area contributed by atoms with Crippen LogP contribution in [0.3, 0.4) is 0 Å². The van der Waals surface area contributed by atoms with Gasteiger partial charge in [0.05, 0.1) is 12.5 Å². The molecule has 132 valence electrons. The van der Waals surface area contributed by atoms with Gasteiger partial charge in [-0.1, -0.05) is 0 Å². The van der Waals surface area contributed by atoms with Crippen LogP contribution in [0.2, 0.25) is 0 Å². The molecule has 0 aromatic carbocycles. The molecule has 2 amide bonds. The van der Waals surface area contributed by atoms with Crippen molar-refractivity contribution < 1.29 is 18.4 Å². The molecule has 0 saturated heterocycles. The second kappa shape index (κ2) is 9.21. The van der Waals surface area contributed by atoms with E-state index in [1.807, 2.05) is 0 Å². The highest BCUT2D eigenvalue weighted by Gasteiger charge is 2.06. The fourth-order valence-electron chi connectivity index (χ4n) is 1.89. The number of nitrogens with zero attached hydrogens (tertiary/aromatic N) is 2. The van der Waals surface area contributed by atoms with Crippen LogP contribution in [0.1, 0.15) is 44.6 Å². The van der Waals surface area contributed by atoms with Gasteiger partial charge in [0.25, 0.3) is 0 Å². The zero-order chi connectivity index (χ0) is 18.1. The Balaban J connectivity index is 1.66. The highest BCUT2D eigenvalue weighted by molar-refractivity contribution is 5.97. The van der Waals surface area contributed by atoms with E-state index >= 15 is 0 Å². The Hall–Kier alpha value is -3.16. The molecule has 0 fully saturated rings. The molecule has 0 bridgehead atoms. The standard InChI is InChI=1S/C17H20N4O4/c1-12(14-6-4-10-24-14)18-20-16(22)8-3-9-17(23)21-19-13(2)15-7-5-11-25-15/h4-7,10-11H,3,8-9H2,1-2H3,(H,20,22)(H,21,23)/b18-12+,19-13+. The highest BCUT2D eigenvalue weighted by atomic mass is 16.3. The lowest BCUT2D eigenvalue weighted by atomic mass is 10.2. The second-order valence-electron chi connectivity index (χ2n) is 5.27. The predicted molar refractivity (Wildman–Crippen MR) is 92.0 cm³/mol. The van der Waals surface area contributed by atoms with Crippen LogP contribution in [0.15, 0.2) is 55.8 Å². The summed E-state index contributed by atoms with van der Waals surface area (Å²) in [5, 5.41) is 7.89. The molecule has 0 aliphatic rings. The first-order valence-corrected chi connectivity index (χ1v) is 7.80. The molecule has 0 aliphatic carbocycles. The molecule has 2 N–H and O–H groups in total. The average Bonchev–Trinajstić information content (AvgIpc) is 3.30. The van der Waals surface area contributed by atoms with Crippen LogP contribution in [0.25, 0.3) is 0 Å². The van der Waals surface area contributed by atoms with Gasteiger partial charge in [0.15, 0.2) is 0 Å². The number of hydrogen-bond acceptors (Lipinski definition) is 6. The number of amides is 2. The monoisotopic (exact) mass is 344 g/mol. The minimum Gasteiger partial charge on any atom is -0.463 e. The number of hydrazone groups is 2. The normalized spacial score (nSPS) is 12.1. The third-order valence-corrected chi connectivity index (χ3v) is 3.26. The van der Waals surface area contributed by atoms with Crippen LogP contribution in [-0.4, -0.2) is 23.2 Å². The van der Waals surface area contributed by atoms with Crippen molar-refractivity contribution in [1.29, 1.82) is 0 Å². The van der Waals surface area contributed by atoms with Crippen LogP contribution in [0.5, 0.6) is 0 Å². The number of rotatable bonds is 8. The average molecular weight is 344 g/mol. The summed E-state index contributed by atoms with van der Waals surface area (Å²) in [5.74, 6) is 0.636. The van der Waals surface area contributed by atoms with Crippen LogP contribution in [0, 0.1) is 0 Å². The summed E-state index contributed by atoms with van der Waals surface area (Å²) >= 11 is 0. The Kier molecular flexibility index (Phi) is 6.70. The maximum atomic E-state index is 11.7. The SMILES string of the molecule is C/C(=N\NC(=O)CCCC(=O)N/N=C(\C)c1ccco1)c1ccco1. The lowest BCUT2D eigenvalue weighted by molar-refractivity contribution is -0.122. The van der Waals surface area contributed by atoms with Crippen molar-refractivity contribution in [1.82, 2.24) is 10.9 Å². The van der Waals surface area contributed by atoms with Crippen molar-refractivity contribution in [3.05, 3.63) is 48.3 Å². The second-order valence-corrected chi connectivity index (χ2v) is 5.27. The summed E-state index contributed by atoms with van der Waals surface area (Å²) in [6.07, 6.45) is 3.82. The summed E-state index contributed by atoms with van der Waals surface area (Å²) in [6, 6.07) is 6.98. The van der Waals surface area contributed by atoms with E-state index in [0.29, 0.717) is 29.4 Å². The lowest BCUT2D eigenvalue weighted by Crippen LogP contribution is -2.21. The molecule has 8 nitrogen and oxygen atoms in total. The zero-order valence-electron chi connectivity index (χ0n) is 14.1. The maximum absolute atomic E-state index is 11.7. The van der Waals surface area contributed by atoms with Crippen LogP contribution < -0.4 is 10.9 Å². The van der Waals surface area contributed by atoms with Gasteiger partial charge in [-0.2, -0.15) is 10.2 Å². The minimum atomic E-state index is -0.269. The molecule has 0 atom stereocenters. The fourth-order valence-corrected chi connectivity index (χ4v) is 1.89. The first kappa shape index (κ1) is 18.2. The maximum Gasteiger partial charge on any atom is 0.240 e. The van der Waals surface area contributed by atoms with Gasteiger partial charge in [-0.3, -0.25) is 9.59 Å². The van der Waals surface area contributed by atoms with Crippen LogP contribution in [-0.2, 0) is 9.59 Å². The van der Waals surface area contributed by atoms with Gasteiger partial charge in [-0.25, -0.2) is 10.9 Å². The predicted octanol–water partition coefficient (Wildman–Crippen LogP) is 2.42. The Labute approximate surface area is 145 Å². The number of furan rings is 2. The van der Waals surface area contributed by atoms with E-state index in [-0.39, 0.29) is 24.7 Å². The summed E-state index contributed by atoms with van der Waals surface area (Å²) in [5.41, 5.74) is 6.00. The first-order chi connectivity index (χ1) is 12.1. The quantitative estimate of drug-likeness (QED) is 0.566. The van der Waals surface area contributed by atoms with Gasteiger partial charge in [-0.15, -0.1) is 0 Å². The topological polar surface area (TPSA) is 109 Å². The third-order valence-electron chi connectivity index (χ3n) is 3.26. The van der Waals surface area contributed by atoms with Gasteiger partial charge in [-0.05, 0) is 44.5 Å². The molecule has 2 heterocycles. The molecule has 0 aliphatic heterocycles. The van der Waals surface area contributed by atoms with Gasteiger partial charge in [0.2, 0.25) is 11.8 Å². The van der Waals surface area contributed by atoms with E-state index in [2.05, 4.69) is 21.1 Å². The Bertz CT molecular complexity index is 681. The zero-order valence-corrected chi connectivity index (χ0v) is 14.1. The molecule has 2 aromatic rings. The summed E-state index contributed by atoms with van der Waals surface area (Å²) in [6.45, 7) is 3.46. The van der Waals surface area contributed by atoms with Gasteiger partial charge < -0.3 is 8.83 Å².